The molecule has 7 heteroatoms. The van der Waals surface area contributed by atoms with Crippen molar-refractivity contribution in [3.05, 3.63) is 29.8 Å². The number of benzene rings is 1. The highest BCUT2D eigenvalue weighted by molar-refractivity contribution is 5.94. The molecule has 0 N–H and O–H groups in total. The molecule has 1 atom stereocenters. The van der Waals surface area contributed by atoms with E-state index in [-0.39, 0.29) is 31.0 Å². The van der Waals surface area contributed by atoms with Gasteiger partial charge in [0.25, 0.3) is 11.8 Å². The maximum absolute atomic E-state index is 13.9. The number of hydrogen-bond donors (Lipinski definition) is 0. The van der Waals surface area contributed by atoms with E-state index in [9.17, 15) is 13.6 Å². The summed E-state index contributed by atoms with van der Waals surface area (Å²) >= 11 is 0. The van der Waals surface area contributed by atoms with Crippen LogP contribution in [0.2, 0.25) is 0 Å². The summed E-state index contributed by atoms with van der Waals surface area (Å²) in [6.45, 7) is 1.41. The van der Waals surface area contributed by atoms with Gasteiger partial charge in [-0.05, 0) is 38.4 Å². The smallest absolute Gasteiger partial charge is 0.262 e. The predicted molar refractivity (Wildman–Crippen MR) is 91.3 cm³/mol. The van der Waals surface area contributed by atoms with Crippen molar-refractivity contribution in [1.82, 2.24) is 14.7 Å². The zero-order valence-electron chi connectivity index (χ0n) is 14.9. The second-order valence-corrected chi connectivity index (χ2v) is 7.24. The lowest BCUT2D eigenvalue weighted by Crippen LogP contribution is -2.63. The molecule has 1 aromatic carbocycles. The standard InChI is InChI=1S/C18H25F2N3O2/c1-21(2)9-14-8-18(19,20)12-23(14)15-10-22(11-15)17(24)13-4-6-16(25-3)7-5-13/h4-7,14-15H,8-12H2,1-3H3/t14-/m0/s1. The predicted octanol–water partition coefficient (Wildman–Crippen LogP) is 1.79. The van der Waals surface area contributed by atoms with Crippen LogP contribution in [-0.2, 0) is 0 Å². The Morgan fingerprint density at radius 1 is 1.28 bits per heavy atom. The summed E-state index contributed by atoms with van der Waals surface area (Å²) in [5, 5.41) is 0. The van der Waals surface area contributed by atoms with Crippen molar-refractivity contribution in [2.45, 2.75) is 24.4 Å². The minimum atomic E-state index is -2.64. The van der Waals surface area contributed by atoms with Crippen LogP contribution in [0.1, 0.15) is 16.8 Å². The normalized spacial score (nSPS) is 23.8. The lowest BCUT2D eigenvalue weighted by Gasteiger charge is -2.46. The fraction of sp³-hybridized carbons (Fsp3) is 0.611. The molecule has 0 radical (unpaired) electrons. The molecule has 0 unspecified atom stereocenters. The van der Waals surface area contributed by atoms with Gasteiger partial charge >= 0.3 is 0 Å². The number of likely N-dealkylation sites (tertiary alicyclic amines) is 2. The number of carbonyl (C=O) groups is 1. The van der Waals surface area contributed by atoms with E-state index in [2.05, 4.69) is 0 Å². The number of methoxy groups -OCH3 is 1. The Hall–Kier alpha value is -1.73. The highest BCUT2D eigenvalue weighted by atomic mass is 19.3. The molecule has 2 aliphatic heterocycles. The van der Waals surface area contributed by atoms with E-state index < -0.39 is 5.92 Å². The average molecular weight is 353 g/mol. The largest absolute Gasteiger partial charge is 0.497 e. The van der Waals surface area contributed by atoms with Crippen LogP contribution in [0.5, 0.6) is 5.75 Å². The summed E-state index contributed by atoms with van der Waals surface area (Å²) in [6.07, 6.45) is -0.103. The molecular formula is C18H25F2N3O2. The van der Waals surface area contributed by atoms with Gasteiger partial charge in [-0.25, -0.2) is 8.78 Å². The molecule has 3 rings (SSSR count). The lowest BCUT2D eigenvalue weighted by atomic mass is 10.0. The highest BCUT2D eigenvalue weighted by Gasteiger charge is 2.50. The van der Waals surface area contributed by atoms with Gasteiger partial charge in [-0.3, -0.25) is 9.69 Å². The molecule has 25 heavy (non-hydrogen) atoms. The van der Waals surface area contributed by atoms with Crippen LogP contribution in [0, 0.1) is 0 Å². The van der Waals surface area contributed by atoms with Crippen LogP contribution in [0.3, 0.4) is 0 Å². The van der Waals surface area contributed by atoms with Crippen LogP contribution < -0.4 is 4.74 Å². The van der Waals surface area contributed by atoms with E-state index >= 15 is 0 Å². The number of amides is 1. The molecule has 0 spiro atoms. The molecule has 0 aromatic heterocycles. The molecule has 2 heterocycles. The third-order valence-corrected chi connectivity index (χ3v) is 4.95. The van der Waals surface area contributed by atoms with E-state index in [1.165, 1.54) is 0 Å². The van der Waals surface area contributed by atoms with Crippen molar-refractivity contribution in [2.75, 3.05) is 47.4 Å². The van der Waals surface area contributed by atoms with E-state index in [1.807, 2.05) is 23.9 Å². The third kappa shape index (κ3) is 3.93. The van der Waals surface area contributed by atoms with Gasteiger partial charge in [0.2, 0.25) is 0 Å². The van der Waals surface area contributed by atoms with Gasteiger partial charge in [0.05, 0.1) is 13.7 Å². The van der Waals surface area contributed by atoms with E-state index in [1.54, 1.807) is 36.3 Å². The minimum absolute atomic E-state index is 0.0144. The average Bonchev–Trinajstić information content (AvgIpc) is 2.79. The summed E-state index contributed by atoms with van der Waals surface area (Å²) in [5.74, 6) is -2.00. The fourth-order valence-corrected chi connectivity index (χ4v) is 3.69. The number of carbonyl (C=O) groups excluding carboxylic acids is 1. The number of alkyl halides is 2. The maximum atomic E-state index is 13.9. The van der Waals surface area contributed by atoms with Crippen molar-refractivity contribution >= 4 is 5.91 Å². The SMILES string of the molecule is COc1ccc(C(=O)N2CC(N3CC(F)(F)C[C@H]3CN(C)C)C2)cc1. The number of ether oxygens (including phenoxy) is 1. The van der Waals surface area contributed by atoms with Gasteiger partial charge in [-0.15, -0.1) is 0 Å². The quantitative estimate of drug-likeness (QED) is 0.809. The Balaban J connectivity index is 1.59. The maximum Gasteiger partial charge on any atom is 0.262 e. The molecule has 0 bridgehead atoms. The zero-order valence-corrected chi connectivity index (χ0v) is 14.9. The van der Waals surface area contributed by atoms with Gasteiger partial charge < -0.3 is 14.5 Å². The molecular weight excluding hydrogens is 328 g/mol. The van der Waals surface area contributed by atoms with Crippen molar-refractivity contribution < 1.29 is 18.3 Å². The van der Waals surface area contributed by atoms with Crippen molar-refractivity contribution in [2.24, 2.45) is 0 Å². The number of rotatable bonds is 5. The van der Waals surface area contributed by atoms with Gasteiger partial charge in [-0.1, -0.05) is 0 Å². The first-order valence-electron chi connectivity index (χ1n) is 8.51. The van der Waals surface area contributed by atoms with E-state index in [0.29, 0.717) is 30.9 Å². The number of likely N-dealkylation sites (N-methyl/N-ethyl adjacent to an activating group) is 1. The van der Waals surface area contributed by atoms with Gasteiger partial charge in [0.15, 0.2) is 0 Å². The van der Waals surface area contributed by atoms with Crippen LogP contribution in [0.25, 0.3) is 0 Å². The number of hydrogen-bond acceptors (Lipinski definition) is 4. The van der Waals surface area contributed by atoms with Crippen molar-refractivity contribution in [3.63, 3.8) is 0 Å². The fourth-order valence-electron chi connectivity index (χ4n) is 3.69. The third-order valence-electron chi connectivity index (χ3n) is 4.95. The molecule has 2 aliphatic rings. The summed E-state index contributed by atoms with van der Waals surface area (Å²) in [7, 11) is 5.37. The van der Waals surface area contributed by atoms with Crippen LogP contribution in [0.4, 0.5) is 8.78 Å². The first-order valence-corrected chi connectivity index (χ1v) is 8.51. The zero-order chi connectivity index (χ0) is 18.2. The molecule has 1 amide bonds. The van der Waals surface area contributed by atoms with Crippen LogP contribution >= 0.6 is 0 Å². The van der Waals surface area contributed by atoms with Gasteiger partial charge in [-0.2, -0.15) is 0 Å². The lowest BCUT2D eigenvalue weighted by molar-refractivity contribution is -0.0114. The van der Waals surface area contributed by atoms with Crippen molar-refractivity contribution in [1.29, 1.82) is 0 Å². The molecule has 138 valence electrons. The van der Waals surface area contributed by atoms with Crippen LogP contribution in [-0.4, -0.2) is 86.0 Å². The number of nitrogens with zero attached hydrogens (tertiary/aromatic N) is 3. The summed E-state index contributed by atoms with van der Waals surface area (Å²) < 4.78 is 32.8. The first-order chi connectivity index (χ1) is 11.8. The van der Waals surface area contributed by atoms with Gasteiger partial charge in [0, 0.05) is 43.7 Å². The van der Waals surface area contributed by atoms with Crippen LogP contribution in [0.15, 0.2) is 24.3 Å². The van der Waals surface area contributed by atoms with E-state index in [4.69, 9.17) is 4.74 Å². The molecule has 0 saturated carbocycles. The molecule has 1 aromatic rings. The Kier molecular flexibility index (Phi) is 4.97. The molecule has 2 saturated heterocycles. The topological polar surface area (TPSA) is 36.0 Å². The highest BCUT2D eigenvalue weighted by Crippen LogP contribution is 2.35. The monoisotopic (exact) mass is 353 g/mol. The van der Waals surface area contributed by atoms with E-state index in [0.717, 1.165) is 0 Å². The molecule has 0 aliphatic carbocycles. The first kappa shape index (κ1) is 18.1. The molecule has 2 fully saturated rings. The summed E-state index contributed by atoms with van der Waals surface area (Å²) in [4.78, 5) is 18.0. The Morgan fingerprint density at radius 3 is 2.48 bits per heavy atom. The Morgan fingerprint density at radius 2 is 1.92 bits per heavy atom. The minimum Gasteiger partial charge on any atom is -0.497 e. The molecule has 5 nitrogen and oxygen atoms in total. The Labute approximate surface area is 147 Å². The summed E-state index contributed by atoms with van der Waals surface area (Å²) in [6, 6.07) is 6.81. The number of halogens is 2. The van der Waals surface area contributed by atoms with Gasteiger partial charge in [0.1, 0.15) is 5.75 Å². The second-order valence-electron chi connectivity index (χ2n) is 7.24. The Bertz CT molecular complexity index is 615. The second kappa shape index (κ2) is 6.88. The summed E-state index contributed by atoms with van der Waals surface area (Å²) in [5.41, 5.74) is 0.593. The van der Waals surface area contributed by atoms with Crippen molar-refractivity contribution in [3.8, 4) is 5.75 Å².